The van der Waals surface area contributed by atoms with Crippen molar-refractivity contribution < 1.29 is 9.53 Å². The van der Waals surface area contributed by atoms with Gasteiger partial charge in [0, 0.05) is 12.5 Å². The lowest BCUT2D eigenvalue weighted by Gasteiger charge is -2.02. The number of hydrogen-bond donors (Lipinski definition) is 0. The molecule has 1 aromatic heterocycles. The Morgan fingerprint density at radius 2 is 2.11 bits per heavy atom. The fourth-order valence-electron chi connectivity index (χ4n) is 1.86. The zero-order valence-electron chi connectivity index (χ0n) is 11.6. The number of carbonyl (C=O) groups is 1. The molecule has 2 rings (SSSR count). The molecule has 100 valence electrons. The molecule has 0 fully saturated rings. The Hall–Kier alpha value is -1.68. The SMILES string of the molecule is COc1cccc(-c2nc(C(C)C)c(C(C)=O)s2)c1. The number of nitrogens with zero attached hydrogens (tertiary/aromatic N) is 1. The van der Waals surface area contributed by atoms with E-state index in [-0.39, 0.29) is 11.7 Å². The minimum atomic E-state index is 0.0790. The second-order valence-corrected chi connectivity index (χ2v) is 5.68. The largest absolute Gasteiger partial charge is 0.497 e. The molecular weight excluding hydrogens is 258 g/mol. The maximum atomic E-state index is 11.7. The van der Waals surface area contributed by atoms with Crippen LogP contribution in [0.25, 0.3) is 10.6 Å². The molecule has 0 saturated heterocycles. The summed E-state index contributed by atoms with van der Waals surface area (Å²) in [7, 11) is 1.64. The number of methoxy groups -OCH3 is 1. The first kappa shape index (κ1) is 13.7. The van der Waals surface area contributed by atoms with Crippen molar-refractivity contribution >= 4 is 17.1 Å². The van der Waals surface area contributed by atoms with E-state index in [0.29, 0.717) is 0 Å². The summed E-state index contributed by atoms with van der Waals surface area (Å²) in [6, 6.07) is 7.74. The predicted octanol–water partition coefficient (Wildman–Crippen LogP) is 4.14. The molecule has 0 radical (unpaired) electrons. The van der Waals surface area contributed by atoms with Crippen molar-refractivity contribution in [2.45, 2.75) is 26.7 Å². The van der Waals surface area contributed by atoms with E-state index in [4.69, 9.17) is 4.74 Å². The summed E-state index contributed by atoms with van der Waals surface area (Å²) in [5.74, 6) is 1.12. The smallest absolute Gasteiger partial charge is 0.171 e. The van der Waals surface area contributed by atoms with Crippen molar-refractivity contribution in [1.82, 2.24) is 4.98 Å². The molecule has 0 saturated carbocycles. The molecule has 0 spiro atoms. The summed E-state index contributed by atoms with van der Waals surface area (Å²) >= 11 is 1.45. The van der Waals surface area contributed by atoms with Gasteiger partial charge in [0.15, 0.2) is 5.78 Å². The molecule has 0 amide bonds. The zero-order valence-corrected chi connectivity index (χ0v) is 12.4. The standard InChI is InChI=1S/C15H17NO2S/c1-9(2)13-14(10(3)17)19-15(16-13)11-6-5-7-12(8-11)18-4/h5-9H,1-4H3. The number of ether oxygens (including phenoxy) is 1. The van der Waals surface area contributed by atoms with Crippen LogP contribution < -0.4 is 4.74 Å². The highest BCUT2D eigenvalue weighted by atomic mass is 32.1. The molecule has 19 heavy (non-hydrogen) atoms. The molecule has 0 bridgehead atoms. The highest BCUT2D eigenvalue weighted by Crippen LogP contribution is 2.33. The molecule has 0 N–H and O–H groups in total. The van der Waals surface area contributed by atoms with E-state index >= 15 is 0 Å². The Bertz CT molecular complexity index is 602. The molecule has 0 aliphatic heterocycles. The van der Waals surface area contributed by atoms with Crippen LogP contribution in [-0.4, -0.2) is 17.9 Å². The summed E-state index contributed by atoms with van der Waals surface area (Å²) in [4.78, 5) is 17.1. The first-order valence-electron chi connectivity index (χ1n) is 6.19. The second-order valence-electron chi connectivity index (χ2n) is 4.68. The van der Waals surface area contributed by atoms with Crippen LogP contribution in [0.3, 0.4) is 0 Å². The Morgan fingerprint density at radius 3 is 2.63 bits per heavy atom. The van der Waals surface area contributed by atoms with Crippen LogP contribution in [0.5, 0.6) is 5.75 Å². The average molecular weight is 275 g/mol. The molecule has 0 aliphatic rings. The lowest BCUT2D eigenvalue weighted by atomic mass is 10.1. The van der Waals surface area contributed by atoms with Crippen LogP contribution in [0.15, 0.2) is 24.3 Å². The Balaban J connectivity index is 2.50. The van der Waals surface area contributed by atoms with Gasteiger partial charge in [-0.15, -0.1) is 11.3 Å². The predicted molar refractivity (Wildman–Crippen MR) is 78.2 cm³/mol. The third-order valence-electron chi connectivity index (χ3n) is 2.84. The fraction of sp³-hybridized carbons (Fsp3) is 0.333. The number of ketones is 1. The van der Waals surface area contributed by atoms with Crippen LogP contribution in [-0.2, 0) is 0 Å². The molecular formula is C15H17NO2S. The van der Waals surface area contributed by atoms with Gasteiger partial charge in [-0.2, -0.15) is 0 Å². The number of thiazole rings is 1. The van der Waals surface area contributed by atoms with E-state index in [9.17, 15) is 4.79 Å². The maximum Gasteiger partial charge on any atom is 0.171 e. The number of carbonyl (C=O) groups excluding carboxylic acids is 1. The number of hydrogen-bond acceptors (Lipinski definition) is 4. The molecule has 1 heterocycles. The van der Waals surface area contributed by atoms with Gasteiger partial charge in [-0.05, 0) is 18.1 Å². The first-order chi connectivity index (χ1) is 9.02. The van der Waals surface area contributed by atoms with Crippen molar-refractivity contribution in [3.05, 3.63) is 34.8 Å². The molecule has 0 atom stereocenters. The molecule has 0 aliphatic carbocycles. The highest BCUT2D eigenvalue weighted by Gasteiger charge is 2.18. The van der Waals surface area contributed by atoms with Gasteiger partial charge in [0.25, 0.3) is 0 Å². The zero-order chi connectivity index (χ0) is 14.0. The van der Waals surface area contributed by atoms with Crippen molar-refractivity contribution in [3.63, 3.8) is 0 Å². The van der Waals surface area contributed by atoms with E-state index in [0.717, 1.165) is 26.9 Å². The van der Waals surface area contributed by atoms with E-state index in [1.165, 1.54) is 11.3 Å². The van der Waals surface area contributed by atoms with E-state index in [1.54, 1.807) is 14.0 Å². The minimum absolute atomic E-state index is 0.0790. The quantitative estimate of drug-likeness (QED) is 0.787. The molecule has 2 aromatic rings. The van der Waals surface area contributed by atoms with Crippen LogP contribution in [0, 0.1) is 0 Å². The summed E-state index contributed by atoms with van der Waals surface area (Å²) in [5.41, 5.74) is 1.87. The second kappa shape index (κ2) is 5.53. The molecule has 0 unspecified atom stereocenters. The molecule has 4 heteroatoms. The summed E-state index contributed by atoms with van der Waals surface area (Å²) in [6.45, 7) is 5.70. The average Bonchev–Trinajstić information content (AvgIpc) is 2.84. The van der Waals surface area contributed by atoms with Gasteiger partial charge >= 0.3 is 0 Å². The van der Waals surface area contributed by atoms with Crippen molar-refractivity contribution in [2.24, 2.45) is 0 Å². The van der Waals surface area contributed by atoms with Crippen LogP contribution in [0.4, 0.5) is 0 Å². The molecule has 1 aromatic carbocycles. The number of rotatable bonds is 4. The van der Waals surface area contributed by atoms with E-state index in [1.807, 2.05) is 24.3 Å². The third kappa shape index (κ3) is 2.84. The van der Waals surface area contributed by atoms with E-state index in [2.05, 4.69) is 18.8 Å². The molecule has 3 nitrogen and oxygen atoms in total. The minimum Gasteiger partial charge on any atom is -0.497 e. The summed E-state index contributed by atoms with van der Waals surface area (Å²) in [5, 5.41) is 0.868. The van der Waals surface area contributed by atoms with Gasteiger partial charge in [-0.25, -0.2) is 4.98 Å². The Morgan fingerprint density at radius 1 is 1.37 bits per heavy atom. The lowest BCUT2D eigenvalue weighted by Crippen LogP contribution is -1.97. The lowest BCUT2D eigenvalue weighted by molar-refractivity contribution is 0.102. The Labute approximate surface area is 117 Å². The maximum absolute atomic E-state index is 11.7. The normalized spacial score (nSPS) is 10.8. The van der Waals surface area contributed by atoms with Gasteiger partial charge < -0.3 is 4.74 Å². The van der Waals surface area contributed by atoms with Gasteiger partial charge in [-0.1, -0.05) is 26.0 Å². The monoisotopic (exact) mass is 275 g/mol. The summed E-state index contributed by atoms with van der Waals surface area (Å²) in [6.07, 6.45) is 0. The Kier molecular flexibility index (Phi) is 4.00. The summed E-state index contributed by atoms with van der Waals surface area (Å²) < 4.78 is 5.22. The third-order valence-corrected chi connectivity index (χ3v) is 4.06. The van der Waals surface area contributed by atoms with Crippen LogP contribution in [0.1, 0.15) is 42.1 Å². The van der Waals surface area contributed by atoms with Crippen LogP contribution >= 0.6 is 11.3 Å². The van der Waals surface area contributed by atoms with Gasteiger partial charge in [-0.3, -0.25) is 4.79 Å². The van der Waals surface area contributed by atoms with Gasteiger partial charge in [0.05, 0.1) is 17.7 Å². The first-order valence-corrected chi connectivity index (χ1v) is 7.00. The topological polar surface area (TPSA) is 39.2 Å². The van der Waals surface area contributed by atoms with Crippen molar-refractivity contribution in [3.8, 4) is 16.3 Å². The van der Waals surface area contributed by atoms with Crippen LogP contribution in [0.2, 0.25) is 0 Å². The number of Topliss-reactive ketones (excluding diaryl/α,β-unsaturated/α-hetero) is 1. The van der Waals surface area contributed by atoms with Gasteiger partial charge in [0.1, 0.15) is 10.8 Å². The van der Waals surface area contributed by atoms with Gasteiger partial charge in [0.2, 0.25) is 0 Å². The van der Waals surface area contributed by atoms with Crippen molar-refractivity contribution in [1.29, 1.82) is 0 Å². The highest BCUT2D eigenvalue weighted by molar-refractivity contribution is 7.17. The number of aromatic nitrogens is 1. The van der Waals surface area contributed by atoms with Crippen molar-refractivity contribution in [2.75, 3.05) is 7.11 Å². The fourth-order valence-corrected chi connectivity index (χ4v) is 2.97. The number of benzene rings is 1. The van der Waals surface area contributed by atoms with E-state index < -0.39 is 0 Å².